The zero-order valence-corrected chi connectivity index (χ0v) is 43.1. The van der Waals surface area contributed by atoms with Crippen molar-refractivity contribution in [2.75, 3.05) is 5.34 Å². The molecule has 3 unspecified atom stereocenters. The van der Waals surface area contributed by atoms with Gasteiger partial charge in [0.25, 0.3) is 5.91 Å². The minimum absolute atomic E-state index is 0. The number of amides is 1. The van der Waals surface area contributed by atoms with Crippen LogP contribution in [0.3, 0.4) is 0 Å². The SMILES string of the molecule is C.CCCc1cc2c(C(F)(F)F)noc2c(CCC)c1OC(C#N)c1ccc(CC(C)CC)cc1.CCCc1cc2c(C(F)(F)F)noc2c(CCC)c1OC(C(N)=O)c1ccc(CC(C)C)cc1.ClCCl. The molecule has 1 amide bonds. The molecule has 0 spiro atoms. The third kappa shape index (κ3) is 15.8. The van der Waals surface area contributed by atoms with Crippen molar-refractivity contribution in [3.63, 3.8) is 0 Å². The highest BCUT2D eigenvalue weighted by atomic mass is 35.5. The Morgan fingerprint density at radius 3 is 1.44 bits per heavy atom. The van der Waals surface area contributed by atoms with Crippen LogP contribution in [0, 0.1) is 23.2 Å². The summed E-state index contributed by atoms with van der Waals surface area (Å²) in [6.07, 6.45) is -3.81. The number of hydrogen-bond acceptors (Lipinski definition) is 8. The first-order valence-corrected chi connectivity index (χ1v) is 25.1. The number of carbonyl (C=O) groups excluding carboxylic acids is 1. The van der Waals surface area contributed by atoms with Gasteiger partial charge in [0.05, 0.1) is 16.1 Å². The molecule has 0 fully saturated rings. The number of aryl methyl sites for hydroxylation is 4. The zero-order chi connectivity index (χ0) is 52.6. The molecule has 2 N–H and O–H groups in total. The summed E-state index contributed by atoms with van der Waals surface area (Å²) < 4.78 is 104. The quantitative estimate of drug-likeness (QED) is 0.0589. The van der Waals surface area contributed by atoms with Crippen molar-refractivity contribution in [1.82, 2.24) is 10.3 Å². The second kappa shape index (κ2) is 28.1. The van der Waals surface area contributed by atoms with Crippen LogP contribution >= 0.6 is 23.2 Å². The summed E-state index contributed by atoms with van der Waals surface area (Å²) in [5, 5.41) is 16.6. The van der Waals surface area contributed by atoms with Crippen LogP contribution in [0.4, 0.5) is 26.3 Å². The molecule has 72 heavy (non-hydrogen) atoms. The average Bonchev–Trinajstić information content (AvgIpc) is 3.95. The van der Waals surface area contributed by atoms with Gasteiger partial charge in [0.15, 0.2) is 22.6 Å². The van der Waals surface area contributed by atoms with E-state index < -0.39 is 41.9 Å². The van der Waals surface area contributed by atoms with Gasteiger partial charge in [-0.2, -0.15) is 31.6 Å². The maximum Gasteiger partial charge on any atom is 0.437 e. The number of nitrogens with zero attached hydrogens (tertiary/aromatic N) is 3. The van der Waals surface area contributed by atoms with Gasteiger partial charge in [0, 0.05) is 22.3 Å². The summed E-state index contributed by atoms with van der Waals surface area (Å²) in [4.78, 5) is 12.4. The summed E-state index contributed by atoms with van der Waals surface area (Å²) in [6, 6.07) is 20.3. The van der Waals surface area contributed by atoms with Crippen molar-refractivity contribution < 1.29 is 49.7 Å². The molecule has 0 aliphatic heterocycles. The fourth-order valence-corrected chi connectivity index (χ4v) is 8.31. The standard InChI is InChI=1S/C27H31F3N2O2.C26H31F3N2O3.CH2Cl2.CH4/c1-5-8-20-15-22-25(34-32-26(22)27(28,29)30)21(9-6-2)24(20)33-23(16-31)19-12-10-18(11-13-19)14-17(4)7-3;1-5-7-18-14-20-23(34-31-24(20)26(27,28)29)19(8-6-2)21(18)33-22(25(30)32)17-11-9-16(10-12-17)13-15(3)4;2-1-3;/h10-13,15,17,23H,5-9,14H2,1-4H3;9-12,14-15,22H,5-8,13H2,1-4H3,(H2,30,32);1H2;1H4. The lowest BCUT2D eigenvalue weighted by molar-refractivity contribution is -0.142. The van der Waals surface area contributed by atoms with Crippen LogP contribution in [0.25, 0.3) is 21.9 Å². The second-order valence-electron chi connectivity index (χ2n) is 17.9. The number of alkyl halides is 8. The molecule has 6 aromatic rings. The number of nitriles is 1. The van der Waals surface area contributed by atoms with Gasteiger partial charge in [-0.1, -0.05) is 154 Å². The second-order valence-corrected chi connectivity index (χ2v) is 18.7. The topological polar surface area (TPSA) is 137 Å². The number of hydrogen-bond donors (Lipinski definition) is 1. The van der Waals surface area contributed by atoms with Gasteiger partial charge >= 0.3 is 12.4 Å². The molecule has 4 aromatic carbocycles. The van der Waals surface area contributed by atoms with Crippen LogP contribution in [0.5, 0.6) is 11.5 Å². The van der Waals surface area contributed by atoms with Gasteiger partial charge in [-0.25, -0.2) is 0 Å². The maximum absolute atomic E-state index is 13.5. The van der Waals surface area contributed by atoms with Crippen LogP contribution in [-0.2, 0) is 55.7 Å². The lowest BCUT2D eigenvalue weighted by atomic mass is 9.96. The number of carbonyl (C=O) groups is 1. The van der Waals surface area contributed by atoms with Gasteiger partial charge in [-0.3, -0.25) is 4.79 Å². The van der Waals surface area contributed by atoms with E-state index in [4.69, 9.17) is 47.5 Å². The molecule has 0 aliphatic carbocycles. The van der Waals surface area contributed by atoms with E-state index in [0.29, 0.717) is 108 Å². The number of primary amides is 1. The smallest absolute Gasteiger partial charge is 0.437 e. The van der Waals surface area contributed by atoms with Crippen molar-refractivity contribution >= 4 is 51.0 Å². The molecular formula is C55H68Cl2F6N4O5. The zero-order valence-electron chi connectivity index (χ0n) is 41.6. The number of rotatable bonds is 20. The predicted molar refractivity (Wildman–Crippen MR) is 273 cm³/mol. The Bertz CT molecular complexity index is 2680. The Morgan fingerprint density at radius 2 is 1.08 bits per heavy atom. The van der Waals surface area contributed by atoms with Crippen LogP contribution in [0.2, 0.25) is 0 Å². The first-order valence-electron chi connectivity index (χ1n) is 24.1. The predicted octanol–water partition coefficient (Wildman–Crippen LogP) is 16.6. The fourth-order valence-electron chi connectivity index (χ4n) is 8.31. The molecule has 0 saturated carbocycles. The largest absolute Gasteiger partial charge is 0.475 e. The number of aromatic nitrogens is 2. The highest BCUT2D eigenvalue weighted by molar-refractivity contribution is 6.40. The molecule has 3 atom stereocenters. The summed E-state index contributed by atoms with van der Waals surface area (Å²) in [5.74, 6) is 1.14. The van der Waals surface area contributed by atoms with E-state index in [-0.39, 0.29) is 34.7 Å². The number of fused-ring (bicyclic) bond motifs is 2. The molecule has 6 rings (SSSR count). The Hall–Kier alpha value is -5.46. The monoisotopic (exact) mass is 1050 g/mol. The van der Waals surface area contributed by atoms with E-state index in [1.165, 1.54) is 17.7 Å². The van der Waals surface area contributed by atoms with Crippen molar-refractivity contribution in [3.8, 4) is 17.6 Å². The van der Waals surface area contributed by atoms with Gasteiger partial charge in [-0.15, -0.1) is 23.2 Å². The van der Waals surface area contributed by atoms with Crippen LogP contribution in [0.15, 0.2) is 69.7 Å². The average molecular weight is 1050 g/mol. The Morgan fingerprint density at radius 1 is 0.681 bits per heavy atom. The molecular weight excluding hydrogens is 982 g/mol. The van der Waals surface area contributed by atoms with Crippen molar-refractivity contribution in [3.05, 3.63) is 117 Å². The van der Waals surface area contributed by atoms with Crippen molar-refractivity contribution in [1.29, 1.82) is 5.26 Å². The van der Waals surface area contributed by atoms with Gasteiger partial charge < -0.3 is 24.3 Å². The van der Waals surface area contributed by atoms with Crippen LogP contribution in [-0.4, -0.2) is 21.6 Å². The molecule has 2 heterocycles. The minimum Gasteiger partial charge on any atom is -0.475 e. The highest BCUT2D eigenvalue weighted by Gasteiger charge is 2.40. The Labute approximate surface area is 429 Å². The summed E-state index contributed by atoms with van der Waals surface area (Å²) in [7, 11) is 0. The third-order valence-corrected chi connectivity index (χ3v) is 11.7. The summed E-state index contributed by atoms with van der Waals surface area (Å²) in [6.45, 7) is 16.3. The number of halogens is 8. The van der Waals surface area contributed by atoms with Crippen LogP contribution < -0.4 is 15.2 Å². The molecule has 2 aromatic heterocycles. The first-order chi connectivity index (χ1) is 33.7. The molecule has 0 aliphatic rings. The highest BCUT2D eigenvalue weighted by Crippen LogP contribution is 2.44. The van der Waals surface area contributed by atoms with E-state index in [1.54, 1.807) is 12.1 Å². The molecule has 0 saturated heterocycles. The van der Waals surface area contributed by atoms with E-state index in [0.717, 1.165) is 24.8 Å². The Kier molecular flexibility index (Phi) is 23.8. The number of benzene rings is 4. The summed E-state index contributed by atoms with van der Waals surface area (Å²) >= 11 is 9.53. The normalized spacial score (nSPS) is 12.8. The van der Waals surface area contributed by atoms with E-state index >= 15 is 0 Å². The number of nitrogens with two attached hydrogens (primary N) is 1. The fraction of sp³-hybridized carbons (Fsp3) is 0.491. The van der Waals surface area contributed by atoms with E-state index in [9.17, 15) is 36.4 Å². The molecule has 0 bridgehead atoms. The van der Waals surface area contributed by atoms with Crippen LogP contribution in [0.1, 0.15) is 163 Å². The molecule has 0 radical (unpaired) electrons. The lowest BCUT2D eigenvalue weighted by Gasteiger charge is -2.22. The van der Waals surface area contributed by atoms with Crippen molar-refractivity contribution in [2.24, 2.45) is 17.6 Å². The maximum atomic E-state index is 13.5. The Balaban J connectivity index is 0.000000356. The molecule has 9 nitrogen and oxygen atoms in total. The summed E-state index contributed by atoms with van der Waals surface area (Å²) in [5.41, 5.74) is 9.51. The lowest BCUT2D eigenvalue weighted by Crippen LogP contribution is -2.27. The van der Waals surface area contributed by atoms with Gasteiger partial charge in [0.1, 0.15) is 17.6 Å². The van der Waals surface area contributed by atoms with Gasteiger partial charge in [0.2, 0.25) is 12.2 Å². The molecule has 17 heteroatoms. The van der Waals surface area contributed by atoms with Crippen molar-refractivity contribution in [2.45, 2.75) is 158 Å². The van der Waals surface area contributed by atoms with Gasteiger partial charge in [-0.05, 0) is 84.7 Å². The minimum atomic E-state index is -4.64. The van der Waals surface area contributed by atoms with E-state index in [2.05, 4.69) is 44.1 Å². The third-order valence-electron chi connectivity index (χ3n) is 11.7. The van der Waals surface area contributed by atoms with E-state index in [1.807, 2.05) is 64.1 Å². The first kappa shape index (κ1) is 60.8. The molecule has 394 valence electrons. The number of ether oxygens (including phenoxy) is 2.